The van der Waals surface area contributed by atoms with E-state index in [9.17, 15) is 32.3 Å². The van der Waals surface area contributed by atoms with Crippen molar-refractivity contribution < 1.29 is 41.8 Å². The van der Waals surface area contributed by atoms with Gasteiger partial charge in [0.2, 0.25) is 11.7 Å². The highest BCUT2D eigenvalue weighted by molar-refractivity contribution is 6.03. The number of carbonyl (C=O) groups excluding carboxylic acids is 4. The molecule has 0 fully saturated rings. The zero-order valence-electron chi connectivity index (χ0n) is 20.3. The van der Waals surface area contributed by atoms with Gasteiger partial charge in [0.15, 0.2) is 5.82 Å². The van der Waals surface area contributed by atoms with Gasteiger partial charge in [-0.25, -0.2) is 14.6 Å². The van der Waals surface area contributed by atoms with Crippen molar-refractivity contribution in [2.75, 3.05) is 24.3 Å². The van der Waals surface area contributed by atoms with Gasteiger partial charge in [-0.2, -0.15) is 13.2 Å². The highest BCUT2D eigenvalue weighted by Crippen LogP contribution is 2.22. The minimum Gasteiger partial charge on any atom is -0.464 e. The molecule has 0 bridgehead atoms. The summed E-state index contributed by atoms with van der Waals surface area (Å²) in [6, 6.07) is 1.28. The van der Waals surface area contributed by atoms with Gasteiger partial charge in [0.1, 0.15) is 17.8 Å². The molecule has 0 aliphatic carbocycles. The number of carbonyl (C=O) groups is 4. The SMILES string of the molecule is COC(=O)c1cc(NC(=O)c2nc(NC(=O)CCNC(=O)OC(C)(C)C)cn2CC(F)(F)F)cn1C. The Morgan fingerprint density at radius 3 is 2.33 bits per heavy atom. The number of rotatable bonds is 8. The van der Waals surface area contributed by atoms with Gasteiger partial charge in [0, 0.05) is 32.4 Å². The number of ether oxygens (including phenoxy) is 2. The number of methoxy groups -OCH3 is 1. The number of esters is 1. The molecular weight excluding hydrogens is 489 g/mol. The van der Waals surface area contributed by atoms with E-state index in [-0.39, 0.29) is 30.2 Å². The van der Waals surface area contributed by atoms with E-state index in [0.717, 1.165) is 6.20 Å². The van der Waals surface area contributed by atoms with Crippen molar-refractivity contribution in [3.8, 4) is 0 Å². The molecule has 2 aromatic heterocycles. The molecule has 0 aromatic carbocycles. The lowest BCUT2D eigenvalue weighted by atomic mass is 10.2. The normalized spacial score (nSPS) is 11.6. The van der Waals surface area contributed by atoms with Gasteiger partial charge in [-0.15, -0.1) is 0 Å². The third-order valence-electron chi connectivity index (χ3n) is 4.27. The second-order valence-electron chi connectivity index (χ2n) is 8.59. The van der Waals surface area contributed by atoms with Crippen LogP contribution < -0.4 is 16.0 Å². The van der Waals surface area contributed by atoms with E-state index in [1.54, 1.807) is 20.8 Å². The smallest absolute Gasteiger partial charge is 0.407 e. The van der Waals surface area contributed by atoms with Crippen LogP contribution in [-0.2, 0) is 27.9 Å². The number of nitrogens with one attached hydrogen (secondary N) is 3. The second kappa shape index (κ2) is 11.1. The third kappa shape index (κ3) is 8.63. The van der Waals surface area contributed by atoms with E-state index in [2.05, 4.69) is 25.7 Å². The van der Waals surface area contributed by atoms with Crippen molar-refractivity contribution in [1.82, 2.24) is 19.4 Å². The number of imidazole rings is 1. The number of aryl methyl sites for hydroxylation is 1. The Balaban J connectivity index is 2.11. The van der Waals surface area contributed by atoms with Crippen LogP contribution in [-0.4, -0.2) is 63.4 Å². The monoisotopic (exact) mass is 516 g/mol. The number of alkyl halides is 3. The highest BCUT2D eigenvalue weighted by Gasteiger charge is 2.31. The maximum absolute atomic E-state index is 13.1. The summed E-state index contributed by atoms with van der Waals surface area (Å²) >= 11 is 0. The van der Waals surface area contributed by atoms with Crippen LogP contribution in [0.15, 0.2) is 18.5 Å². The van der Waals surface area contributed by atoms with Gasteiger partial charge in [-0.3, -0.25) is 9.59 Å². The number of aromatic nitrogens is 3. The summed E-state index contributed by atoms with van der Waals surface area (Å²) in [4.78, 5) is 52.0. The van der Waals surface area contributed by atoms with E-state index in [4.69, 9.17) is 4.74 Å². The fraction of sp³-hybridized carbons (Fsp3) is 0.476. The first-order valence-corrected chi connectivity index (χ1v) is 10.5. The lowest BCUT2D eigenvalue weighted by Crippen LogP contribution is -2.34. The number of halogens is 3. The molecule has 15 heteroatoms. The Morgan fingerprint density at radius 2 is 1.75 bits per heavy atom. The Bertz CT molecular complexity index is 1130. The summed E-state index contributed by atoms with van der Waals surface area (Å²) in [6.45, 7) is 3.36. The lowest BCUT2D eigenvalue weighted by Gasteiger charge is -2.19. The quantitative estimate of drug-likeness (QED) is 0.457. The van der Waals surface area contributed by atoms with E-state index in [1.165, 1.54) is 31.0 Å². The Labute approximate surface area is 204 Å². The zero-order chi connectivity index (χ0) is 27.3. The van der Waals surface area contributed by atoms with Gasteiger partial charge >= 0.3 is 18.2 Å². The molecule has 0 atom stereocenters. The molecule has 3 amide bonds. The van der Waals surface area contributed by atoms with Crippen molar-refractivity contribution in [2.45, 2.75) is 45.5 Å². The predicted molar refractivity (Wildman–Crippen MR) is 120 cm³/mol. The second-order valence-corrected chi connectivity index (χ2v) is 8.59. The molecule has 2 heterocycles. The molecule has 198 valence electrons. The highest BCUT2D eigenvalue weighted by atomic mass is 19.4. The largest absolute Gasteiger partial charge is 0.464 e. The van der Waals surface area contributed by atoms with Crippen molar-refractivity contribution in [3.63, 3.8) is 0 Å². The number of amides is 3. The molecule has 2 rings (SSSR count). The number of alkyl carbamates (subject to hydrolysis) is 1. The van der Waals surface area contributed by atoms with Crippen LogP contribution in [0.25, 0.3) is 0 Å². The number of hydrogen-bond donors (Lipinski definition) is 3. The summed E-state index contributed by atoms with van der Waals surface area (Å²) in [5.41, 5.74) is -0.516. The van der Waals surface area contributed by atoms with Crippen LogP contribution in [0.4, 0.5) is 29.5 Å². The number of nitrogens with zero attached hydrogens (tertiary/aromatic N) is 3. The average molecular weight is 516 g/mol. The molecule has 0 saturated heterocycles. The van der Waals surface area contributed by atoms with Crippen molar-refractivity contribution in [1.29, 1.82) is 0 Å². The summed E-state index contributed by atoms with van der Waals surface area (Å²) in [7, 11) is 2.68. The molecule has 12 nitrogen and oxygen atoms in total. The van der Waals surface area contributed by atoms with Crippen molar-refractivity contribution in [2.24, 2.45) is 7.05 Å². The summed E-state index contributed by atoms with van der Waals surface area (Å²) in [5, 5.41) is 7.03. The summed E-state index contributed by atoms with van der Waals surface area (Å²) in [6.07, 6.45) is -3.42. The van der Waals surface area contributed by atoms with Crippen LogP contribution >= 0.6 is 0 Å². The first-order valence-electron chi connectivity index (χ1n) is 10.5. The van der Waals surface area contributed by atoms with Crippen LogP contribution in [0, 0.1) is 0 Å². The van der Waals surface area contributed by atoms with E-state index in [1.807, 2.05) is 0 Å². The first-order chi connectivity index (χ1) is 16.6. The Kier molecular flexibility index (Phi) is 8.72. The molecule has 3 N–H and O–H groups in total. The van der Waals surface area contributed by atoms with Crippen LogP contribution in [0.5, 0.6) is 0 Å². The van der Waals surface area contributed by atoms with Crippen molar-refractivity contribution in [3.05, 3.63) is 30.0 Å². The molecule has 0 saturated carbocycles. The van der Waals surface area contributed by atoms with Gasteiger partial charge in [0.05, 0.1) is 12.8 Å². The molecule has 2 aromatic rings. The van der Waals surface area contributed by atoms with Gasteiger partial charge in [0.25, 0.3) is 5.91 Å². The van der Waals surface area contributed by atoms with Gasteiger partial charge in [-0.05, 0) is 26.8 Å². The minimum absolute atomic E-state index is 0.0966. The Hall–Kier alpha value is -4.04. The standard InChI is InChI=1S/C21H27F3N6O6/c1-20(2,3)36-19(34)25-7-6-15(31)27-14-10-30(11-21(22,23)24)16(28-14)17(32)26-12-8-13(18(33)35-5)29(4)9-12/h8-10H,6-7,11H2,1-5H3,(H,25,34)(H,26,32)(H,27,31). The average Bonchev–Trinajstić information content (AvgIpc) is 3.27. The van der Waals surface area contributed by atoms with Crippen LogP contribution in [0.1, 0.15) is 48.3 Å². The van der Waals surface area contributed by atoms with E-state index < -0.39 is 48.0 Å². The topological polar surface area (TPSA) is 146 Å². The summed E-state index contributed by atoms with van der Waals surface area (Å²) in [5.74, 6) is -3.27. The molecule has 0 unspecified atom stereocenters. The van der Waals surface area contributed by atoms with Crippen LogP contribution in [0.2, 0.25) is 0 Å². The molecule has 0 aliphatic rings. The first kappa shape index (κ1) is 28.2. The maximum atomic E-state index is 13.1. The van der Waals surface area contributed by atoms with E-state index >= 15 is 0 Å². The molecule has 0 aliphatic heterocycles. The van der Waals surface area contributed by atoms with Crippen LogP contribution in [0.3, 0.4) is 0 Å². The Morgan fingerprint density at radius 1 is 1.08 bits per heavy atom. The van der Waals surface area contributed by atoms with Gasteiger partial charge < -0.3 is 34.6 Å². The lowest BCUT2D eigenvalue weighted by molar-refractivity contribution is -0.140. The molecule has 0 radical (unpaired) electrons. The maximum Gasteiger partial charge on any atom is 0.407 e. The zero-order valence-corrected chi connectivity index (χ0v) is 20.3. The molecule has 36 heavy (non-hydrogen) atoms. The van der Waals surface area contributed by atoms with Gasteiger partial charge in [-0.1, -0.05) is 0 Å². The number of anilines is 2. The fourth-order valence-electron chi connectivity index (χ4n) is 2.90. The van der Waals surface area contributed by atoms with E-state index in [0.29, 0.717) is 4.57 Å². The molecule has 0 spiro atoms. The minimum atomic E-state index is -4.68. The third-order valence-corrected chi connectivity index (χ3v) is 4.27. The number of hydrogen-bond acceptors (Lipinski definition) is 7. The predicted octanol–water partition coefficient (Wildman–Crippen LogP) is 2.68. The van der Waals surface area contributed by atoms with Crippen molar-refractivity contribution >= 4 is 35.4 Å². The molecular formula is C21H27F3N6O6. The fourth-order valence-corrected chi connectivity index (χ4v) is 2.90. The summed E-state index contributed by atoms with van der Waals surface area (Å²) < 4.78 is 50.7.